The van der Waals surface area contributed by atoms with Crippen LogP contribution in [0.3, 0.4) is 0 Å². The van der Waals surface area contributed by atoms with E-state index < -0.39 is 0 Å². The van der Waals surface area contributed by atoms with E-state index in [0.29, 0.717) is 23.3 Å². The van der Waals surface area contributed by atoms with Gasteiger partial charge in [0.25, 0.3) is 0 Å². The normalized spacial score (nSPS) is 14.9. The van der Waals surface area contributed by atoms with Crippen LogP contribution in [0.15, 0.2) is 29.4 Å². The number of hydrogen-bond acceptors (Lipinski definition) is 6. The predicted octanol–water partition coefficient (Wildman–Crippen LogP) is 4.50. The molecule has 0 aliphatic heterocycles. The topological polar surface area (TPSA) is 66.2 Å². The number of nitrogens with zero attached hydrogens (tertiary/aromatic N) is 3. The maximum atomic E-state index is 12.1. The zero-order chi connectivity index (χ0) is 19.1. The average Bonchev–Trinajstić information content (AvgIpc) is 3.08. The Morgan fingerprint density at radius 1 is 1.22 bits per heavy atom. The van der Waals surface area contributed by atoms with Crippen LogP contribution >= 0.6 is 23.4 Å². The number of esters is 1. The molecule has 0 bridgehead atoms. The molecule has 0 saturated heterocycles. The van der Waals surface area contributed by atoms with Gasteiger partial charge in [0.2, 0.25) is 0 Å². The number of aromatic nitrogens is 3. The Labute approximate surface area is 168 Å². The van der Waals surface area contributed by atoms with E-state index in [9.17, 15) is 4.79 Å². The summed E-state index contributed by atoms with van der Waals surface area (Å²) >= 11 is 7.23. The van der Waals surface area contributed by atoms with E-state index >= 15 is 0 Å². The molecule has 1 aromatic heterocycles. The average molecular weight is 410 g/mol. The second-order valence-electron chi connectivity index (χ2n) is 6.42. The maximum Gasteiger partial charge on any atom is 0.316 e. The minimum absolute atomic E-state index is 0.0826. The van der Waals surface area contributed by atoms with Gasteiger partial charge in [-0.05, 0) is 56.9 Å². The lowest BCUT2D eigenvalue weighted by atomic mass is 9.98. The molecule has 146 valence electrons. The Balaban J connectivity index is 1.51. The van der Waals surface area contributed by atoms with Crippen molar-refractivity contribution in [2.75, 3.05) is 5.75 Å². The van der Waals surface area contributed by atoms with Crippen LogP contribution < -0.4 is 4.74 Å². The molecule has 1 fully saturated rings. The molecule has 0 spiro atoms. The molecule has 1 aliphatic carbocycles. The molecule has 0 radical (unpaired) electrons. The van der Waals surface area contributed by atoms with E-state index in [0.717, 1.165) is 37.3 Å². The molecule has 0 unspecified atom stereocenters. The zero-order valence-corrected chi connectivity index (χ0v) is 17.0. The first-order chi connectivity index (χ1) is 13.2. The van der Waals surface area contributed by atoms with Crippen molar-refractivity contribution < 1.29 is 14.3 Å². The van der Waals surface area contributed by atoms with Gasteiger partial charge in [-0.25, -0.2) is 0 Å². The first-order valence-electron chi connectivity index (χ1n) is 9.28. The second kappa shape index (κ2) is 9.99. The van der Waals surface area contributed by atoms with Crippen molar-refractivity contribution in [3.8, 4) is 5.75 Å². The molecular weight excluding hydrogens is 386 g/mol. The van der Waals surface area contributed by atoms with Crippen molar-refractivity contribution in [1.82, 2.24) is 14.8 Å². The molecule has 0 atom stereocenters. The Bertz CT molecular complexity index is 745. The number of benzene rings is 1. The van der Waals surface area contributed by atoms with E-state index in [1.807, 2.05) is 23.6 Å². The Kier molecular flexibility index (Phi) is 7.41. The molecule has 8 heteroatoms. The largest absolute Gasteiger partial charge is 0.486 e. The van der Waals surface area contributed by atoms with Gasteiger partial charge in [-0.3, -0.25) is 4.79 Å². The van der Waals surface area contributed by atoms with Gasteiger partial charge in [-0.2, -0.15) is 0 Å². The van der Waals surface area contributed by atoms with Crippen molar-refractivity contribution in [2.45, 2.75) is 63.4 Å². The lowest BCUT2D eigenvalue weighted by Gasteiger charge is -2.21. The smallest absolute Gasteiger partial charge is 0.316 e. The molecule has 1 aromatic carbocycles. The third kappa shape index (κ3) is 5.87. The summed E-state index contributed by atoms with van der Waals surface area (Å²) in [6, 6.07) is 7.18. The van der Waals surface area contributed by atoms with E-state index in [1.54, 1.807) is 12.1 Å². The third-order valence-corrected chi connectivity index (χ3v) is 5.65. The number of halogens is 1. The zero-order valence-electron chi connectivity index (χ0n) is 15.4. The highest BCUT2D eigenvalue weighted by atomic mass is 35.5. The monoisotopic (exact) mass is 409 g/mol. The fourth-order valence-corrected chi connectivity index (χ4v) is 3.99. The van der Waals surface area contributed by atoms with Crippen molar-refractivity contribution >= 4 is 29.3 Å². The van der Waals surface area contributed by atoms with Gasteiger partial charge < -0.3 is 14.0 Å². The Morgan fingerprint density at radius 2 is 1.96 bits per heavy atom. The van der Waals surface area contributed by atoms with Crippen LogP contribution in [0.1, 0.15) is 44.9 Å². The van der Waals surface area contributed by atoms with Gasteiger partial charge in [0.05, 0.1) is 5.75 Å². The number of carbonyl (C=O) groups is 1. The van der Waals surface area contributed by atoms with Crippen LogP contribution in [0.25, 0.3) is 0 Å². The Hall–Kier alpha value is -1.73. The van der Waals surface area contributed by atoms with Crippen molar-refractivity contribution in [1.29, 1.82) is 0 Å². The number of thioether (sulfide) groups is 1. The number of ether oxygens (including phenoxy) is 2. The van der Waals surface area contributed by atoms with Crippen molar-refractivity contribution in [3.63, 3.8) is 0 Å². The van der Waals surface area contributed by atoms with Crippen LogP contribution in [-0.4, -0.2) is 32.6 Å². The minimum Gasteiger partial charge on any atom is -0.486 e. The summed E-state index contributed by atoms with van der Waals surface area (Å²) in [5, 5.41) is 9.77. The molecule has 6 nitrogen and oxygen atoms in total. The van der Waals surface area contributed by atoms with Gasteiger partial charge >= 0.3 is 5.97 Å². The summed E-state index contributed by atoms with van der Waals surface area (Å²) < 4.78 is 13.3. The van der Waals surface area contributed by atoms with E-state index in [-0.39, 0.29) is 17.8 Å². The quantitative estimate of drug-likeness (QED) is 0.472. The molecule has 1 saturated carbocycles. The first-order valence-corrected chi connectivity index (χ1v) is 10.6. The number of rotatable bonds is 8. The Morgan fingerprint density at radius 3 is 2.67 bits per heavy atom. The fourth-order valence-electron chi connectivity index (χ4n) is 3.06. The molecule has 2 aromatic rings. The fraction of sp³-hybridized carbons (Fsp3) is 0.526. The SMILES string of the molecule is CCn1c(COc2ccc(Cl)cc2)nnc1SCC(=O)OC1CCCCC1. The summed E-state index contributed by atoms with van der Waals surface area (Å²) in [4.78, 5) is 12.1. The first kappa shape index (κ1) is 20.0. The third-order valence-electron chi connectivity index (χ3n) is 4.46. The summed E-state index contributed by atoms with van der Waals surface area (Å²) in [7, 11) is 0. The molecule has 27 heavy (non-hydrogen) atoms. The molecule has 3 rings (SSSR count). The lowest BCUT2D eigenvalue weighted by Crippen LogP contribution is -2.22. The van der Waals surface area contributed by atoms with Crippen LogP contribution in [0.2, 0.25) is 5.02 Å². The summed E-state index contributed by atoms with van der Waals surface area (Å²) in [6.45, 7) is 3.02. The maximum absolute atomic E-state index is 12.1. The van der Waals surface area contributed by atoms with Crippen molar-refractivity contribution in [2.24, 2.45) is 0 Å². The molecule has 1 aliphatic rings. The summed E-state index contributed by atoms with van der Waals surface area (Å²) in [5.41, 5.74) is 0. The van der Waals surface area contributed by atoms with Gasteiger partial charge in [-0.15, -0.1) is 10.2 Å². The van der Waals surface area contributed by atoms with Gasteiger partial charge in [0.15, 0.2) is 11.0 Å². The highest BCUT2D eigenvalue weighted by molar-refractivity contribution is 7.99. The lowest BCUT2D eigenvalue weighted by molar-refractivity contribution is -0.147. The van der Waals surface area contributed by atoms with E-state index in [4.69, 9.17) is 21.1 Å². The molecule has 1 heterocycles. The minimum atomic E-state index is -0.184. The van der Waals surface area contributed by atoms with E-state index in [2.05, 4.69) is 10.2 Å². The van der Waals surface area contributed by atoms with Crippen LogP contribution in [-0.2, 0) is 22.7 Å². The predicted molar refractivity (Wildman–Crippen MR) is 105 cm³/mol. The van der Waals surface area contributed by atoms with Crippen LogP contribution in [0.5, 0.6) is 5.75 Å². The van der Waals surface area contributed by atoms with Crippen molar-refractivity contribution in [3.05, 3.63) is 35.1 Å². The highest BCUT2D eigenvalue weighted by Gasteiger charge is 2.19. The van der Waals surface area contributed by atoms with Crippen LogP contribution in [0.4, 0.5) is 0 Å². The molecule has 0 amide bonds. The standard InChI is InChI=1S/C19H24ClN3O3S/c1-2-23-17(12-25-15-10-8-14(20)9-11-15)21-22-19(23)27-13-18(24)26-16-6-4-3-5-7-16/h8-11,16H,2-7,12-13H2,1H3. The summed E-state index contributed by atoms with van der Waals surface area (Å²) in [5.74, 6) is 1.49. The van der Waals surface area contributed by atoms with Gasteiger partial charge in [-0.1, -0.05) is 29.8 Å². The second-order valence-corrected chi connectivity index (χ2v) is 7.80. The van der Waals surface area contributed by atoms with Gasteiger partial charge in [0, 0.05) is 11.6 Å². The number of hydrogen-bond donors (Lipinski definition) is 0. The molecule has 0 N–H and O–H groups in total. The van der Waals surface area contributed by atoms with Gasteiger partial charge in [0.1, 0.15) is 18.5 Å². The molecular formula is C19H24ClN3O3S. The van der Waals surface area contributed by atoms with Crippen LogP contribution in [0, 0.1) is 0 Å². The summed E-state index contributed by atoms with van der Waals surface area (Å²) in [6.07, 6.45) is 5.57. The van der Waals surface area contributed by atoms with E-state index in [1.165, 1.54) is 18.2 Å². The number of carbonyl (C=O) groups excluding carboxylic acids is 1. The highest BCUT2D eigenvalue weighted by Crippen LogP contribution is 2.23.